The van der Waals surface area contributed by atoms with Gasteiger partial charge in [0.15, 0.2) is 11.7 Å². The molecular weight excluding hydrogens is 338 g/mol. The van der Waals surface area contributed by atoms with E-state index in [0.29, 0.717) is 17.2 Å². The molecule has 24 heavy (non-hydrogen) atoms. The molecule has 0 atom stereocenters. The lowest BCUT2D eigenvalue weighted by atomic mass is 10.2. The summed E-state index contributed by atoms with van der Waals surface area (Å²) in [4.78, 5) is 3.87. The maximum Gasteiger partial charge on any atom is 0.261 e. The zero-order chi connectivity index (χ0) is 17.3. The van der Waals surface area contributed by atoms with Crippen LogP contribution in [0.25, 0.3) is 11.3 Å². The van der Waals surface area contributed by atoms with Gasteiger partial charge in [-0.3, -0.25) is 4.72 Å². The third kappa shape index (κ3) is 3.28. The average Bonchev–Trinajstić information content (AvgIpc) is 2.97. The first-order valence-electron chi connectivity index (χ1n) is 6.86. The van der Waals surface area contributed by atoms with Crippen LogP contribution in [0.1, 0.15) is 5.89 Å². The molecule has 3 rings (SSSR count). The molecule has 8 heteroatoms. The topological polar surface area (TPSA) is 72.2 Å². The summed E-state index contributed by atoms with van der Waals surface area (Å²) >= 11 is 0. The molecule has 0 aliphatic heterocycles. The monoisotopic (exact) mass is 350 g/mol. The number of aromatic nitrogens is 1. The summed E-state index contributed by atoms with van der Waals surface area (Å²) in [7, 11) is -4.05. The van der Waals surface area contributed by atoms with Gasteiger partial charge in [0, 0.05) is 18.6 Å². The summed E-state index contributed by atoms with van der Waals surface area (Å²) in [6, 6.07) is 8.29. The van der Waals surface area contributed by atoms with Crippen LogP contribution < -0.4 is 4.72 Å². The molecule has 1 aromatic heterocycles. The number of aryl methyl sites for hydroxylation is 1. The van der Waals surface area contributed by atoms with Gasteiger partial charge in [-0.15, -0.1) is 0 Å². The SMILES string of the molecule is Cc1ncc(-c2ccc(S(=O)(=O)Nc3cc(F)ccc3F)cc2)o1. The Hall–Kier alpha value is -2.74. The predicted octanol–water partition coefficient (Wildman–Crippen LogP) is 3.73. The second kappa shape index (κ2) is 6.04. The number of hydrogen-bond donors (Lipinski definition) is 1. The van der Waals surface area contributed by atoms with Crippen LogP contribution in [0.2, 0.25) is 0 Å². The zero-order valence-corrected chi connectivity index (χ0v) is 13.3. The van der Waals surface area contributed by atoms with Crippen molar-refractivity contribution in [1.29, 1.82) is 0 Å². The van der Waals surface area contributed by atoms with Gasteiger partial charge in [0.2, 0.25) is 0 Å². The van der Waals surface area contributed by atoms with Crippen molar-refractivity contribution in [3.05, 3.63) is 66.2 Å². The van der Waals surface area contributed by atoms with Gasteiger partial charge in [-0.1, -0.05) is 0 Å². The molecule has 0 radical (unpaired) electrons. The van der Waals surface area contributed by atoms with E-state index in [1.807, 2.05) is 4.72 Å². The molecule has 0 bridgehead atoms. The predicted molar refractivity (Wildman–Crippen MR) is 83.8 cm³/mol. The van der Waals surface area contributed by atoms with Crippen molar-refractivity contribution in [2.75, 3.05) is 4.72 Å². The smallest absolute Gasteiger partial charge is 0.261 e. The highest BCUT2D eigenvalue weighted by atomic mass is 32.2. The fraction of sp³-hybridized carbons (Fsp3) is 0.0625. The van der Waals surface area contributed by atoms with Crippen molar-refractivity contribution >= 4 is 15.7 Å². The van der Waals surface area contributed by atoms with Gasteiger partial charge in [-0.05, 0) is 36.4 Å². The van der Waals surface area contributed by atoms with Crippen LogP contribution in [0.5, 0.6) is 0 Å². The van der Waals surface area contributed by atoms with Crippen molar-refractivity contribution in [2.24, 2.45) is 0 Å². The molecule has 0 unspecified atom stereocenters. The maximum absolute atomic E-state index is 13.6. The minimum Gasteiger partial charge on any atom is -0.441 e. The molecule has 0 aliphatic carbocycles. The van der Waals surface area contributed by atoms with Crippen molar-refractivity contribution in [3.63, 3.8) is 0 Å². The average molecular weight is 350 g/mol. The van der Waals surface area contributed by atoms with Crippen LogP contribution in [-0.2, 0) is 10.0 Å². The lowest BCUT2D eigenvalue weighted by molar-refractivity contribution is 0.534. The van der Waals surface area contributed by atoms with Crippen molar-refractivity contribution in [1.82, 2.24) is 4.98 Å². The van der Waals surface area contributed by atoms with E-state index in [4.69, 9.17) is 4.42 Å². The third-order valence-corrected chi connectivity index (χ3v) is 4.62. The van der Waals surface area contributed by atoms with Gasteiger partial charge in [-0.2, -0.15) is 0 Å². The molecular formula is C16H12F2N2O3S. The second-order valence-electron chi connectivity index (χ2n) is 5.00. The minimum absolute atomic E-state index is 0.0915. The molecule has 2 aromatic carbocycles. The van der Waals surface area contributed by atoms with E-state index in [1.54, 1.807) is 6.92 Å². The van der Waals surface area contributed by atoms with Crippen LogP contribution in [0.3, 0.4) is 0 Å². The lowest BCUT2D eigenvalue weighted by Crippen LogP contribution is -2.14. The van der Waals surface area contributed by atoms with Crippen molar-refractivity contribution in [2.45, 2.75) is 11.8 Å². The van der Waals surface area contributed by atoms with Gasteiger partial charge in [0.05, 0.1) is 16.8 Å². The molecule has 0 aliphatic rings. The number of rotatable bonds is 4. The molecule has 1 N–H and O–H groups in total. The molecule has 1 heterocycles. The third-order valence-electron chi connectivity index (χ3n) is 3.24. The Balaban J connectivity index is 1.88. The summed E-state index contributed by atoms with van der Waals surface area (Å²) in [5.74, 6) is -0.621. The Morgan fingerprint density at radius 3 is 2.42 bits per heavy atom. The highest BCUT2D eigenvalue weighted by Crippen LogP contribution is 2.24. The van der Waals surface area contributed by atoms with Crippen LogP contribution in [0.15, 0.2) is 58.0 Å². The Labute approximate surface area is 137 Å². The van der Waals surface area contributed by atoms with Crippen molar-refractivity contribution < 1.29 is 21.6 Å². The van der Waals surface area contributed by atoms with Crippen LogP contribution in [0.4, 0.5) is 14.5 Å². The number of hydrogen-bond acceptors (Lipinski definition) is 4. The Bertz CT molecular complexity index is 983. The number of anilines is 1. The van der Waals surface area contributed by atoms with E-state index in [2.05, 4.69) is 4.98 Å². The van der Waals surface area contributed by atoms with E-state index < -0.39 is 27.3 Å². The molecule has 0 saturated carbocycles. The Morgan fingerprint density at radius 1 is 1.08 bits per heavy atom. The fourth-order valence-corrected chi connectivity index (χ4v) is 3.13. The van der Waals surface area contributed by atoms with Crippen LogP contribution in [-0.4, -0.2) is 13.4 Å². The summed E-state index contributed by atoms with van der Waals surface area (Å²) in [6.07, 6.45) is 1.53. The first kappa shape index (κ1) is 16.1. The number of nitrogens with zero attached hydrogens (tertiary/aromatic N) is 1. The van der Waals surface area contributed by atoms with Crippen LogP contribution >= 0.6 is 0 Å². The van der Waals surface area contributed by atoms with Crippen LogP contribution in [0, 0.1) is 18.6 Å². The highest BCUT2D eigenvalue weighted by molar-refractivity contribution is 7.92. The number of oxazole rings is 1. The number of sulfonamides is 1. The summed E-state index contributed by atoms with van der Waals surface area (Å²) in [5, 5.41) is 0. The number of benzene rings is 2. The quantitative estimate of drug-likeness (QED) is 0.778. The second-order valence-corrected chi connectivity index (χ2v) is 6.68. The van der Waals surface area contributed by atoms with Gasteiger partial charge < -0.3 is 4.42 Å². The standard InChI is InChI=1S/C16H12F2N2O3S/c1-10-19-9-16(23-10)11-2-5-13(6-3-11)24(21,22)20-15-8-12(17)4-7-14(15)18/h2-9,20H,1H3. The highest BCUT2D eigenvalue weighted by Gasteiger charge is 2.17. The molecule has 5 nitrogen and oxygen atoms in total. The molecule has 124 valence electrons. The number of nitrogens with one attached hydrogen (secondary N) is 1. The van der Waals surface area contributed by atoms with E-state index in [1.165, 1.54) is 30.5 Å². The first-order chi connectivity index (χ1) is 11.3. The van der Waals surface area contributed by atoms with E-state index >= 15 is 0 Å². The Morgan fingerprint density at radius 2 is 1.79 bits per heavy atom. The first-order valence-corrected chi connectivity index (χ1v) is 8.34. The van der Waals surface area contributed by atoms with Crippen molar-refractivity contribution in [3.8, 4) is 11.3 Å². The van der Waals surface area contributed by atoms with Gasteiger partial charge >= 0.3 is 0 Å². The maximum atomic E-state index is 13.6. The Kier molecular flexibility index (Phi) is 4.06. The lowest BCUT2D eigenvalue weighted by Gasteiger charge is -2.09. The minimum atomic E-state index is -4.05. The summed E-state index contributed by atoms with van der Waals surface area (Å²) in [6.45, 7) is 1.69. The molecule has 0 spiro atoms. The summed E-state index contributed by atoms with van der Waals surface area (Å²) < 4.78 is 58.7. The zero-order valence-electron chi connectivity index (χ0n) is 12.5. The largest absolute Gasteiger partial charge is 0.441 e. The van der Waals surface area contributed by atoms with E-state index in [9.17, 15) is 17.2 Å². The molecule has 0 saturated heterocycles. The van der Waals surface area contributed by atoms with Gasteiger partial charge in [0.25, 0.3) is 10.0 Å². The molecule has 3 aromatic rings. The van der Waals surface area contributed by atoms with E-state index in [0.717, 1.165) is 18.2 Å². The van der Waals surface area contributed by atoms with Gasteiger partial charge in [-0.25, -0.2) is 22.2 Å². The number of halogens is 2. The fourth-order valence-electron chi connectivity index (χ4n) is 2.07. The summed E-state index contributed by atoms with van der Waals surface area (Å²) in [5.41, 5.74) is 0.191. The van der Waals surface area contributed by atoms with E-state index in [-0.39, 0.29) is 4.90 Å². The normalized spacial score (nSPS) is 11.5. The molecule has 0 fully saturated rings. The molecule has 0 amide bonds. The van der Waals surface area contributed by atoms with Gasteiger partial charge in [0.1, 0.15) is 11.6 Å².